The van der Waals surface area contributed by atoms with Crippen molar-refractivity contribution in [2.75, 3.05) is 24.6 Å². The number of ether oxygens (including phenoxy) is 1. The molecule has 3 aromatic rings. The Kier molecular flexibility index (Phi) is 6.55. The number of rotatable bonds is 9. The second-order valence-electron chi connectivity index (χ2n) is 11.2. The maximum atomic E-state index is 12.7. The fourth-order valence-electron chi connectivity index (χ4n) is 4.71. The first kappa shape index (κ1) is 25.7. The number of nitrogens with one attached hydrogen (secondary N) is 1. The molecule has 200 valence electrons. The van der Waals surface area contributed by atoms with Gasteiger partial charge in [-0.15, -0.1) is 0 Å². The van der Waals surface area contributed by atoms with Crippen LogP contribution in [0.4, 0.5) is 19.0 Å². The molecule has 0 unspecified atom stereocenters. The van der Waals surface area contributed by atoms with Crippen molar-refractivity contribution in [3.63, 3.8) is 0 Å². The van der Waals surface area contributed by atoms with Crippen LogP contribution in [-0.2, 0) is 23.4 Å². The van der Waals surface area contributed by atoms with E-state index in [4.69, 9.17) is 9.26 Å². The molecule has 3 aromatic heterocycles. The zero-order chi connectivity index (χ0) is 26.4. The summed E-state index contributed by atoms with van der Waals surface area (Å²) in [6.07, 6.45) is -0.254. The number of halogens is 3. The smallest absolute Gasteiger partial charge is 0.361 e. The number of nitrogens with zero attached hydrogens (tertiary/aromatic N) is 5. The summed E-state index contributed by atoms with van der Waals surface area (Å²) in [7, 11) is -1.18. The largest absolute Gasteiger partial charge is 0.390 e. The molecule has 1 spiro atoms. The van der Waals surface area contributed by atoms with Crippen molar-refractivity contribution in [3.05, 3.63) is 35.6 Å². The molecule has 0 saturated heterocycles. The lowest BCUT2D eigenvalue weighted by Gasteiger charge is -2.32. The predicted molar refractivity (Wildman–Crippen MR) is 133 cm³/mol. The molecular weight excluding hydrogens is 505 g/mol. The van der Waals surface area contributed by atoms with E-state index in [0.29, 0.717) is 37.8 Å². The number of carbonyl (C=O) groups is 1. The molecule has 37 heavy (non-hydrogen) atoms. The highest BCUT2D eigenvalue weighted by molar-refractivity contribution is 6.76. The van der Waals surface area contributed by atoms with Crippen LogP contribution in [0.2, 0.25) is 25.7 Å². The number of carbonyl (C=O) groups excluding carboxylic acids is 1. The maximum absolute atomic E-state index is 12.7. The second kappa shape index (κ2) is 9.42. The topological polar surface area (TPSA) is 98.3 Å². The molecule has 1 fully saturated rings. The van der Waals surface area contributed by atoms with Gasteiger partial charge in [-0.3, -0.25) is 4.79 Å². The van der Waals surface area contributed by atoms with Crippen molar-refractivity contribution in [2.45, 2.75) is 69.8 Å². The third kappa shape index (κ3) is 5.52. The van der Waals surface area contributed by atoms with Crippen molar-refractivity contribution in [2.24, 2.45) is 0 Å². The summed E-state index contributed by atoms with van der Waals surface area (Å²) in [5, 5.41) is 7.14. The van der Waals surface area contributed by atoms with Crippen LogP contribution >= 0.6 is 0 Å². The lowest BCUT2D eigenvalue weighted by Crippen LogP contribution is -2.39. The highest BCUT2D eigenvalue weighted by atomic mass is 28.3. The monoisotopic (exact) mass is 536 g/mol. The lowest BCUT2D eigenvalue weighted by atomic mass is 9.92. The van der Waals surface area contributed by atoms with Gasteiger partial charge in [0.05, 0.1) is 18.4 Å². The molecule has 1 aliphatic heterocycles. The third-order valence-corrected chi connectivity index (χ3v) is 8.64. The van der Waals surface area contributed by atoms with Gasteiger partial charge in [-0.05, 0) is 25.0 Å². The van der Waals surface area contributed by atoms with Crippen LogP contribution in [0.1, 0.15) is 41.1 Å². The number of fused-ring (bicyclic) bond motifs is 3. The molecule has 1 amide bonds. The number of aromatic nitrogens is 4. The SMILES string of the molecule is C[Si](C)(C)CCOCn1ccc2c(N3Cc4c(C(=O)NCCC(F)(F)F)noc4C4(CC4)C3)ncnc21. The van der Waals surface area contributed by atoms with Crippen LogP contribution in [0.5, 0.6) is 0 Å². The van der Waals surface area contributed by atoms with E-state index in [1.54, 1.807) is 0 Å². The van der Waals surface area contributed by atoms with E-state index in [1.807, 2.05) is 16.8 Å². The zero-order valence-corrected chi connectivity index (χ0v) is 22.2. The molecule has 1 aliphatic carbocycles. The van der Waals surface area contributed by atoms with Crippen molar-refractivity contribution in [3.8, 4) is 0 Å². The molecular formula is C24H31F3N6O3Si. The van der Waals surface area contributed by atoms with Gasteiger partial charge in [0.15, 0.2) is 5.69 Å². The number of alkyl halides is 3. The van der Waals surface area contributed by atoms with Crippen molar-refractivity contribution >= 4 is 30.8 Å². The minimum absolute atomic E-state index is 0.0341. The van der Waals surface area contributed by atoms with Gasteiger partial charge in [0.1, 0.15) is 30.3 Å². The molecule has 0 aromatic carbocycles. The molecule has 0 radical (unpaired) electrons. The maximum Gasteiger partial charge on any atom is 0.390 e. The molecule has 1 N–H and O–H groups in total. The van der Waals surface area contributed by atoms with Gasteiger partial charge in [-0.2, -0.15) is 13.2 Å². The molecule has 4 heterocycles. The van der Waals surface area contributed by atoms with Gasteiger partial charge >= 0.3 is 6.18 Å². The Morgan fingerprint density at radius 1 is 1.27 bits per heavy atom. The fourth-order valence-corrected chi connectivity index (χ4v) is 5.47. The van der Waals surface area contributed by atoms with E-state index in [0.717, 1.165) is 35.7 Å². The first-order valence-corrected chi connectivity index (χ1v) is 16.1. The minimum atomic E-state index is -4.35. The van der Waals surface area contributed by atoms with E-state index < -0.39 is 33.1 Å². The molecule has 13 heteroatoms. The summed E-state index contributed by atoms with van der Waals surface area (Å²) < 4.78 is 51.0. The molecule has 0 atom stereocenters. The zero-order valence-electron chi connectivity index (χ0n) is 21.2. The van der Waals surface area contributed by atoms with E-state index in [1.165, 1.54) is 6.33 Å². The number of amides is 1. The normalized spacial score (nSPS) is 16.9. The van der Waals surface area contributed by atoms with Crippen LogP contribution in [0.15, 0.2) is 23.1 Å². The minimum Gasteiger partial charge on any atom is -0.361 e. The second-order valence-corrected chi connectivity index (χ2v) is 16.8. The summed E-state index contributed by atoms with van der Waals surface area (Å²) in [5.41, 5.74) is 1.12. The summed E-state index contributed by atoms with van der Waals surface area (Å²) in [5.74, 6) is 0.720. The highest BCUT2D eigenvalue weighted by Gasteiger charge is 2.54. The average molecular weight is 537 g/mol. The van der Waals surface area contributed by atoms with E-state index in [-0.39, 0.29) is 11.1 Å². The standard InChI is InChI=1S/C24H31F3N6O3Si/c1-37(2,3)11-10-35-15-32-9-4-16-20(32)29-14-30-21(16)33-12-17-18(22(34)28-8-7-24(25,26)27)31-36-19(17)23(13-33)5-6-23/h4,9,14H,5-8,10-13,15H2,1-3H3,(H,28,34). The summed E-state index contributed by atoms with van der Waals surface area (Å²) in [4.78, 5) is 23.8. The van der Waals surface area contributed by atoms with Crippen LogP contribution in [-0.4, -0.2) is 59.5 Å². The average Bonchev–Trinajstić information content (AvgIpc) is 3.24. The van der Waals surface area contributed by atoms with E-state index >= 15 is 0 Å². The summed E-state index contributed by atoms with van der Waals surface area (Å²) in [6.45, 7) is 8.47. The first-order chi connectivity index (χ1) is 17.5. The van der Waals surface area contributed by atoms with Crippen LogP contribution < -0.4 is 10.2 Å². The third-order valence-electron chi connectivity index (χ3n) is 6.94. The predicted octanol–water partition coefficient (Wildman–Crippen LogP) is 4.47. The summed E-state index contributed by atoms with van der Waals surface area (Å²) >= 11 is 0. The van der Waals surface area contributed by atoms with Crippen molar-refractivity contribution < 1.29 is 27.2 Å². The van der Waals surface area contributed by atoms with Gasteiger partial charge in [0.25, 0.3) is 5.91 Å². The Hall–Kier alpha value is -2.93. The van der Waals surface area contributed by atoms with Crippen LogP contribution in [0, 0.1) is 0 Å². The lowest BCUT2D eigenvalue weighted by molar-refractivity contribution is -0.133. The van der Waals surface area contributed by atoms with Gasteiger partial charge in [-0.25, -0.2) is 9.97 Å². The molecule has 0 bridgehead atoms. The quantitative estimate of drug-likeness (QED) is 0.318. The number of hydrogen-bond donors (Lipinski definition) is 1. The Morgan fingerprint density at radius 3 is 2.76 bits per heavy atom. The van der Waals surface area contributed by atoms with Gasteiger partial charge < -0.3 is 24.0 Å². The number of hydrogen-bond acceptors (Lipinski definition) is 7. The van der Waals surface area contributed by atoms with Gasteiger partial charge in [0.2, 0.25) is 0 Å². The molecule has 5 rings (SSSR count). The highest BCUT2D eigenvalue weighted by Crippen LogP contribution is 2.53. The van der Waals surface area contributed by atoms with Crippen molar-refractivity contribution in [1.29, 1.82) is 0 Å². The Bertz CT molecular complexity index is 1300. The molecule has 9 nitrogen and oxygen atoms in total. The first-order valence-electron chi connectivity index (χ1n) is 12.4. The van der Waals surface area contributed by atoms with E-state index in [9.17, 15) is 18.0 Å². The van der Waals surface area contributed by atoms with E-state index in [2.05, 4.69) is 45.0 Å². The Balaban J connectivity index is 1.35. The van der Waals surface area contributed by atoms with Gasteiger partial charge in [0, 0.05) is 44.9 Å². The van der Waals surface area contributed by atoms with Gasteiger partial charge in [-0.1, -0.05) is 24.8 Å². The number of anilines is 1. The van der Waals surface area contributed by atoms with Crippen molar-refractivity contribution in [1.82, 2.24) is 25.0 Å². The fraction of sp³-hybridized carbons (Fsp3) is 0.583. The Morgan fingerprint density at radius 2 is 2.05 bits per heavy atom. The summed E-state index contributed by atoms with van der Waals surface area (Å²) in [6, 6.07) is 3.04. The van der Waals surface area contributed by atoms with Crippen LogP contribution in [0.3, 0.4) is 0 Å². The molecule has 2 aliphatic rings. The molecule has 1 saturated carbocycles. The Labute approximate surface area is 213 Å². The van der Waals surface area contributed by atoms with Crippen LogP contribution in [0.25, 0.3) is 11.0 Å².